The van der Waals surface area contributed by atoms with Gasteiger partial charge in [0.2, 0.25) is 0 Å². The Hall–Kier alpha value is -1.59. The summed E-state index contributed by atoms with van der Waals surface area (Å²) in [6.07, 6.45) is 0.933. The van der Waals surface area contributed by atoms with Crippen LogP contribution in [0, 0.1) is 5.82 Å². The first-order chi connectivity index (χ1) is 10.2. The fourth-order valence-corrected chi connectivity index (χ4v) is 2.87. The van der Waals surface area contributed by atoms with E-state index in [0.29, 0.717) is 11.0 Å². The molecule has 5 heteroatoms. The molecule has 2 aromatic rings. The molecule has 110 valence electrons. The van der Waals surface area contributed by atoms with E-state index >= 15 is 0 Å². The second kappa shape index (κ2) is 6.03. The minimum absolute atomic E-state index is 0.0201. The highest BCUT2D eigenvalue weighted by atomic mass is 79.9. The lowest BCUT2D eigenvalue weighted by atomic mass is 10.0. The second-order valence-electron chi connectivity index (χ2n) is 5.03. The Bertz CT molecular complexity index is 663. The van der Waals surface area contributed by atoms with E-state index < -0.39 is 0 Å². The average molecular weight is 351 g/mol. The molecular formula is C16H16BrFN2O. The van der Waals surface area contributed by atoms with Gasteiger partial charge in [-0.05, 0) is 57.4 Å². The van der Waals surface area contributed by atoms with E-state index in [-0.39, 0.29) is 11.9 Å². The summed E-state index contributed by atoms with van der Waals surface area (Å²) in [6.45, 7) is 1.19. The molecule has 0 radical (unpaired) electrons. The first-order valence-electron chi connectivity index (χ1n) is 6.84. The van der Waals surface area contributed by atoms with Crippen LogP contribution in [0.2, 0.25) is 0 Å². The quantitative estimate of drug-likeness (QED) is 0.884. The van der Waals surface area contributed by atoms with E-state index in [2.05, 4.69) is 27.3 Å². The van der Waals surface area contributed by atoms with Gasteiger partial charge in [0, 0.05) is 18.7 Å². The van der Waals surface area contributed by atoms with Crippen LogP contribution in [0.15, 0.2) is 40.9 Å². The van der Waals surface area contributed by atoms with Gasteiger partial charge in [0.25, 0.3) is 0 Å². The molecule has 3 N–H and O–H groups in total. The molecule has 0 bridgehead atoms. The average Bonchev–Trinajstić information content (AvgIpc) is 2.95. The van der Waals surface area contributed by atoms with Gasteiger partial charge in [-0.15, -0.1) is 0 Å². The van der Waals surface area contributed by atoms with Gasteiger partial charge in [-0.2, -0.15) is 0 Å². The molecule has 0 fully saturated rings. The number of nitrogens with two attached hydrogens (primary N) is 1. The molecule has 0 spiro atoms. The van der Waals surface area contributed by atoms with E-state index in [4.69, 9.17) is 10.5 Å². The molecule has 1 heterocycles. The van der Waals surface area contributed by atoms with Crippen LogP contribution in [0.25, 0.3) is 0 Å². The molecule has 0 saturated carbocycles. The van der Waals surface area contributed by atoms with Crippen LogP contribution < -0.4 is 15.8 Å². The zero-order valence-electron chi connectivity index (χ0n) is 11.4. The highest BCUT2D eigenvalue weighted by Crippen LogP contribution is 2.30. The number of rotatable bonds is 4. The zero-order chi connectivity index (χ0) is 14.8. The van der Waals surface area contributed by atoms with Crippen molar-refractivity contribution in [1.29, 1.82) is 0 Å². The van der Waals surface area contributed by atoms with Crippen molar-refractivity contribution in [1.82, 2.24) is 0 Å². The second-order valence-corrected chi connectivity index (χ2v) is 5.88. The Morgan fingerprint density at radius 1 is 1.29 bits per heavy atom. The predicted molar refractivity (Wildman–Crippen MR) is 85.2 cm³/mol. The summed E-state index contributed by atoms with van der Waals surface area (Å²) >= 11 is 3.19. The molecule has 3 nitrogen and oxygen atoms in total. The number of nitrogens with one attached hydrogen (secondary N) is 1. The van der Waals surface area contributed by atoms with Crippen molar-refractivity contribution in [3.63, 3.8) is 0 Å². The molecule has 21 heavy (non-hydrogen) atoms. The van der Waals surface area contributed by atoms with Gasteiger partial charge in [-0.1, -0.05) is 6.07 Å². The first-order valence-corrected chi connectivity index (χ1v) is 7.64. The summed E-state index contributed by atoms with van der Waals surface area (Å²) in [5, 5.41) is 3.34. The molecule has 0 aliphatic carbocycles. The van der Waals surface area contributed by atoms with Crippen LogP contribution in [0.1, 0.15) is 17.2 Å². The zero-order valence-corrected chi connectivity index (χ0v) is 13.0. The van der Waals surface area contributed by atoms with Gasteiger partial charge >= 0.3 is 0 Å². The van der Waals surface area contributed by atoms with Crippen LogP contribution in [0.5, 0.6) is 5.75 Å². The normalized spacial score (nSPS) is 14.4. The van der Waals surface area contributed by atoms with E-state index in [1.807, 2.05) is 12.1 Å². The maximum atomic E-state index is 13.3. The fraction of sp³-hybridized carbons (Fsp3) is 0.250. The number of fused-ring (bicyclic) bond motifs is 1. The van der Waals surface area contributed by atoms with Gasteiger partial charge in [-0.3, -0.25) is 0 Å². The summed E-state index contributed by atoms with van der Waals surface area (Å²) in [4.78, 5) is 0. The maximum Gasteiger partial charge on any atom is 0.137 e. The highest BCUT2D eigenvalue weighted by molar-refractivity contribution is 9.10. The summed E-state index contributed by atoms with van der Waals surface area (Å²) in [6, 6.07) is 11.0. The van der Waals surface area contributed by atoms with Gasteiger partial charge in [-0.25, -0.2) is 4.39 Å². The number of hydrogen-bond acceptors (Lipinski definition) is 3. The number of halogens is 2. The van der Waals surface area contributed by atoms with Crippen molar-refractivity contribution in [2.45, 2.75) is 12.5 Å². The van der Waals surface area contributed by atoms with Crippen LogP contribution in [-0.2, 0) is 6.42 Å². The largest absolute Gasteiger partial charge is 0.493 e. The van der Waals surface area contributed by atoms with Crippen molar-refractivity contribution in [2.75, 3.05) is 18.5 Å². The van der Waals surface area contributed by atoms with Crippen LogP contribution in [-0.4, -0.2) is 13.2 Å². The minimum atomic E-state index is -0.278. The summed E-state index contributed by atoms with van der Waals surface area (Å²) in [7, 11) is 0. The third-order valence-corrected chi connectivity index (χ3v) is 4.22. The Morgan fingerprint density at radius 3 is 2.90 bits per heavy atom. The number of anilines is 1. The Morgan fingerprint density at radius 2 is 2.14 bits per heavy atom. The van der Waals surface area contributed by atoms with E-state index in [1.165, 1.54) is 11.6 Å². The number of ether oxygens (including phenoxy) is 1. The van der Waals surface area contributed by atoms with Gasteiger partial charge in [0.1, 0.15) is 11.6 Å². The van der Waals surface area contributed by atoms with E-state index in [0.717, 1.165) is 30.0 Å². The van der Waals surface area contributed by atoms with E-state index in [1.54, 1.807) is 12.1 Å². The molecule has 0 saturated heterocycles. The van der Waals surface area contributed by atoms with Crippen LogP contribution in [0.4, 0.5) is 10.1 Å². The highest BCUT2D eigenvalue weighted by Gasteiger charge is 2.16. The molecule has 0 amide bonds. The number of hydrogen-bond donors (Lipinski definition) is 2. The van der Waals surface area contributed by atoms with Gasteiger partial charge in [0.15, 0.2) is 0 Å². The Balaban J connectivity index is 1.83. The van der Waals surface area contributed by atoms with Crippen LogP contribution >= 0.6 is 15.9 Å². The Labute approximate surface area is 131 Å². The van der Waals surface area contributed by atoms with Crippen molar-refractivity contribution < 1.29 is 9.13 Å². The lowest BCUT2D eigenvalue weighted by Gasteiger charge is -2.19. The third-order valence-electron chi connectivity index (χ3n) is 3.61. The smallest absolute Gasteiger partial charge is 0.137 e. The van der Waals surface area contributed by atoms with Crippen molar-refractivity contribution >= 4 is 21.6 Å². The molecule has 2 aromatic carbocycles. The van der Waals surface area contributed by atoms with Gasteiger partial charge in [0.05, 0.1) is 17.1 Å². The lowest BCUT2D eigenvalue weighted by Crippen LogP contribution is -2.20. The fourth-order valence-electron chi connectivity index (χ4n) is 2.49. The molecule has 1 aliphatic heterocycles. The topological polar surface area (TPSA) is 47.3 Å². The molecular weight excluding hydrogens is 335 g/mol. The standard InChI is InChI=1S/C16H16BrFN2O/c17-13-8-12(2-3-14(13)18)20-15(9-19)10-1-4-16-11(7-10)5-6-21-16/h1-4,7-8,15,20H,5-6,9,19H2. The molecule has 1 atom stereocenters. The first kappa shape index (κ1) is 14.4. The minimum Gasteiger partial charge on any atom is -0.493 e. The van der Waals surface area contributed by atoms with Crippen LogP contribution in [0.3, 0.4) is 0 Å². The van der Waals surface area contributed by atoms with Crippen molar-refractivity contribution in [2.24, 2.45) is 5.73 Å². The van der Waals surface area contributed by atoms with Crippen molar-refractivity contribution in [3.8, 4) is 5.75 Å². The predicted octanol–water partition coefficient (Wildman–Crippen LogP) is 3.64. The van der Waals surface area contributed by atoms with Crippen molar-refractivity contribution in [3.05, 3.63) is 57.8 Å². The Kier molecular flexibility index (Phi) is 4.12. The summed E-state index contributed by atoms with van der Waals surface area (Å²) < 4.78 is 19.2. The monoisotopic (exact) mass is 350 g/mol. The molecule has 3 rings (SSSR count). The van der Waals surface area contributed by atoms with E-state index in [9.17, 15) is 4.39 Å². The maximum absolute atomic E-state index is 13.3. The third kappa shape index (κ3) is 3.04. The SMILES string of the molecule is NCC(Nc1ccc(F)c(Br)c1)c1ccc2c(c1)CCO2. The lowest BCUT2D eigenvalue weighted by molar-refractivity contribution is 0.357. The summed E-state index contributed by atoms with van der Waals surface area (Å²) in [5.74, 6) is 0.679. The molecule has 1 unspecified atom stereocenters. The summed E-state index contributed by atoms with van der Waals surface area (Å²) in [5.41, 5.74) is 9.04. The molecule has 0 aromatic heterocycles. The van der Waals surface area contributed by atoms with Gasteiger partial charge < -0.3 is 15.8 Å². The molecule has 1 aliphatic rings. The number of benzene rings is 2.